The van der Waals surface area contributed by atoms with Crippen molar-refractivity contribution in [3.8, 4) is 0 Å². The van der Waals surface area contributed by atoms with Crippen LogP contribution in [0, 0.1) is 0 Å². The number of hydrogen-bond donors (Lipinski definition) is 10. The van der Waals surface area contributed by atoms with E-state index in [0.717, 1.165) is 0 Å². The van der Waals surface area contributed by atoms with Gasteiger partial charge in [0.1, 0.15) is 12.1 Å². The van der Waals surface area contributed by atoms with Crippen LogP contribution in [-0.4, -0.2) is 89.8 Å². The number of nitrogens with one attached hydrogen (secondary N) is 3. The van der Waals surface area contributed by atoms with Crippen LogP contribution in [0.2, 0.25) is 0 Å². The zero-order valence-electron chi connectivity index (χ0n) is 21.5. The van der Waals surface area contributed by atoms with Crippen molar-refractivity contribution >= 4 is 29.7 Å². The lowest BCUT2D eigenvalue weighted by molar-refractivity contribution is -0.145. The molecule has 0 aliphatic rings. The van der Waals surface area contributed by atoms with Gasteiger partial charge >= 0.3 is 5.97 Å². The number of aliphatic imine (C=N–C) groups is 1. The van der Waals surface area contributed by atoms with Crippen LogP contribution in [0.15, 0.2) is 4.99 Å². The van der Waals surface area contributed by atoms with Gasteiger partial charge in [-0.05, 0) is 65.0 Å². The number of amides is 3. The Morgan fingerprint density at radius 3 is 1.76 bits per heavy atom. The van der Waals surface area contributed by atoms with Crippen molar-refractivity contribution in [1.82, 2.24) is 16.0 Å². The van der Waals surface area contributed by atoms with Gasteiger partial charge in [0.25, 0.3) is 0 Å². The van der Waals surface area contributed by atoms with E-state index in [4.69, 9.17) is 28.7 Å². The molecule has 37 heavy (non-hydrogen) atoms. The van der Waals surface area contributed by atoms with Crippen LogP contribution in [0.5, 0.6) is 0 Å². The molecule has 15 N–H and O–H groups in total. The van der Waals surface area contributed by atoms with Gasteiger partial charge in [-0.2, -0.15) is 0 Å². The van der Waals surface area contributed by atoms with Crippen LogP contribution < -0.4 is 44.6 Å². The smallest absolute Gasteiger partial charge is 0.328 e. The molecule has 214 valence electrons. The van der Waals surface area contributed by atoms with Crippen molar-refractivity contribution in [2.24, 2.45) is 33.7 Å². The molecule has 5 atom stereocenters. The first-order chi connectivity index (χ1) is 17.4. The van der Waals surface area contributed by atoms with E-state index in [-0.39, 0.29) is 25.3 Å². The molecule has 15 nitrogen and oxygen atoms in total. The molecular weight excluding hydrogens is 486 g/mol. The van der Waals surface area contributed by atoms with Gasteiger partial charge in [-0.25, -0.2) is 4.79 Å². The molecule has 15 heteroatoms. The lowest BCUT2D eigenvalue weighted by Crippen LogP contribution is -2.58. The van der Waals surface area contributed by atoms with E-state index in [0.29, 0.717) is 51.6 Å². The third-order valence-corrected chi connectivity index (χ3v) is 5.51. The van der Waals surface area contributed by atoms with Gasteiger partial charge < -0.3 is 54.8 Å². The molecule has 0 saturated heterocycles. The molecule has 0 aromatic rings. The van der Waals surface area contributed by atoms with Crippen molar-refractivity contribution in [2.75, 3.05) is 19.6 Å². The summed E-state index contributed by atoms with van der Waals surface area (Å²) in [7, 11) is 0. The average molecular weight is 532 g/mol. The fourth-order valence-corrected chi connectivity index (χ4v) is 3.37. The SMILES string of the molecule is CC(O)C(NC(=O)C(CCCCN)NC(=O)C(CCCN=C(N)N)NC(=O)C(N)CCCCN)C(=O)O. The highest BCUT2D eigenvalue weighted by Gasteiger charge is 2.31. The molecule has 0 aromatic carbocycles. The molecule has 0 bridgehead atoms. The number of unbranched alkanes of at least 4 members (excludes halogenated alkanes) is 2. The minimum Gasteiger partial charge on any atom is -0.480 e. The van der Waals surface area contributed by atoms with Crippen molar-refractivity contribution < 1.29 is 29.4 Å². The molecule has 0 fully saturated rings. The lowest BCUT2D eigenvalue weighted by atomic mass is 10.0. The Hall–Kier alpha value is -3.01. The van der Waals surface area contributed by atoms with Crippen LogP contribution in [0.1, 0.15) is 58.3 Å². The summed E-state index contributed by atoms with van der Waals surface area (Å²) < 4.78 is 0. The number of rotatable bonds is 20. The van der Waals surface area contributed by atoms with Crippen LogP contribution in [0.25, 0.3) is 0 Å². The first kappa shape index (κ1) is 34.0. The molecular formula is C22H45N9O6. The van der Waals surface area contributed by atoms with E-state index in [9.17, 15) is 29.4 Å². The number of hydrogen-bond acceptors (Lipinski definition) is 9. The Morgan fingerprint density at radius 2 is 1.27 bits per heavy atom. The third-order valence-electron chi connectivity index (χ3n) is 5.51. The molecule has 0 saturated carbocycles. The summed E-state index contributed by atoms with van der Waals surface area (Å²) in [5.74, 6) is -3.53. The Kier molecular flexibility index (Phi) is 17.6. The van der Waals surface area contributed by atoms with E-state index in [1.807, 2.05) is 0 Å². The van der Waals surface area contributed by atoms with Gasteiger partial charge in [0.2, 0.25) is 17.7 Å². The van der Waals surface area contributed by atoms with E-state index >= 15 is 0 Å². The number of nitrogens with two attached hydrogens (primary N) is 5. The molecule has 3 amide bonds. The summed E-state index contributed by atoms with van der Waals surface area (Å²) in [4.78, 5) is 53.9. The van der Waals surface area contributed by atoms with Crippen molar-refractivity contribution in [3.05, 3.63) is 0 Å². The fourth-order valence-electron chi connectivity index (χ4n) is 3.37. The Balaban J connectivity index is 5.57. The molecule has 0 aliphatic carbocycles. The van der Waals surface area contributed by atoms with Crippen LogP contribution >= 0.6 is 0 Å². The summed E-state index contributed by atoms with van der Waals surface area (Å²) in [6.45, 7) is 2.26. The van der Waals surface area contributed by atoms with E-state index in [2.05, 4.69) is 20.9 Å². The molecule has 0 radical (unpaired) electrons. The van der Waals surface area contributed by atoms with Crippen LogP contribution in [0.4, 0.5) is 0 Å². The number of nitrogens with zero attached hydrogens (tertiary/aromatic N) is 1. The van der Waals surface area contributed by atoms with Crippen molar-refractivity contribution in [1.29, 1.82) is 0 Å². The Bertz CT molecular complexity index is 746. The highest BCUT2D eigenvalue weighted by Crippen LogP contribution is 2.07. The summed E-state index contributed by atoms with van der Waals surface area (Å²) >= 11 is 0. The molecule has 0 aliphatic heterocycles. The Labute approximate surface area is 217 Å². The Morgan fingerprint density at radius 1 is 0.784 bits per heavy atom. The molecule has 0 aromatic heterocycles. The van der Waals surface area contributed by atoms with Crippen molar-refractivity contribution in [3.63, 3.8) is 0 Å². The van der Waals surface area contributed by atoms with Gasteiger partial charge in [0.15, 0.2) is 12.0 Å². The predicted octanol–water partition coefficient (Wildman–Crippen LogP) is -3.45. The molecule has 0 rings (SSSR count). The van der Waals surface area contributed by atoms with Gasteiger partial charge in [-0.3, -0.25) is 19.4 Å². The van der Waals surface area contributed by atoms with Gasteiger partial charge in [-0.15, -0.1) is 0 Å². The van der Waals surface area contributed by atoms with E-state index in [1.54, 1.807) is 0 Å². The minimum atomic E-state index is -1.57. The summed E-state index contributed by atoms with van der Waals surface area (Å²) in [6, 6.07) is -4.61. The number of carboxylic acids is 1. The highest BCUT2D eigenvalue weighted by atomic mass is 16.4. The standard InChI is InChI=1S/C22H45N9O6/c1-13(32)17(21(36)37)31-20(35)15(8-3-5-11-24)30-19(34)16(9-6-12-28-22(26)27)29-18(33)14(25)7-2-4-10-23/h13-17,32H,2-12,23-25H2,1H3,(H,29,33)(H,30,34)(H,31,35)(H,36,37)(H4,26,27,28). The summed E-state index contributed by atoms with van der Waals surface area (Å²) in [6.07, 6.45) is 2.03. The average Bonchev–Trinajstić information content (AvgIpc) is 2.82. The number of carboxylic acid groups (broad SMARTS) is 1. The predicted molar refractivity (Wildman–Crippen MR) is 139 cm³/mol. The third kappa shape index (κ3) is 15.0. The maximum absolute atomic E-state index is 13.2. The van der Waals surface area contributed by atoms with Gasteiger partial charge in [0, 0.05) is 6.54 Å². The molecule has 0 heterocycles. The largest absolute Gasteiger partial charge is 0.480 e. The summed E-state index contributed by atoms with van der Waals surface area (Å²) in [5, 5.41) is 26.4. The number of aliphatic carboxylic acids is 1. The fraction of sp³-hybridized carbons (Fsp3) is 0.773. The quantitative estimate of drug-likeness (QED) is 0.0418. The normalized spacial score (nSPS) is 14.9. The number of aliphatic hydroxyl groups is 1. The van der Waals surface area contributed by atoms with Gasteiger partial charge in [-0.1, -0.05) is 6.42 Å². The first-order valence-corrected chi connectivity index (χ1v) is 12.5. The number of carbonyl (C=O) groups excluding carboxylic acids is 3. The van der Waals surface area contributed by atoms with Crippen LogP contribution in [-0.2, 0) is 19.2 Å². The van der Waals surface area contributed by atoms with E-state index in [1.165, 1.54) is 6.92 Å². The topological polar surface area (TPSA) is 287 Å². The zero-order chi connectivity index (χ0) is 28.4. The van der Waals surface area contributed by atoms with Crippen LogP contribution in [0.3, 0.4) is 0 Å². The molecule has 0 spiro atoms. The number of aliphatic hydroxyl groups excluding tert-OH is 1. The first-order valence-electron chi connectivity index (χ1n) is 12.5. The maximum atomic E-state index is 13.2. The molecule has 5 unspecified atom stereocenters. The summed E-state index contributed by atoms with van der Waals surface area (Å²) in [5.41, 5.74) is 27.6. The number of guanidine groups is 1. The zero-order valence-corrected chi connectivity index (χ0v) is 21.5. The lowest BCUT2D eigenvalue weighted by Gasteiger charge is -2.26. The van der Waals surface area contributed by atoms with Gasteiger partial charge in [0.05, 0.1) is 12.1 Å². The highest BCUT2D eigenvalue weighted by molar-refractivity contribution is 5.94. The second-order valence-corrected chi connectivity index (χ2v) is 8.81. The minimum absolute atomic E-state index is 0.116. The second-order valence-electron chi connectivity index (χ2n) is 8.81. The van der Waals surface area contributed by atoms with Crippen molar-refractivity contribution in [2.45, 2.75) is 88.6 Å². The number of carbonyl (C=O) groups is 4. The maximum Gasteiger partial charge on any atom is 0.328 e. The van der Waals surface area contributed by atoms with E-state index < -0.39 is 54.0 Å². The second kappa shape index (κ2) is 19.1. The monoisotopic (exact) mass is 531 g/mol.